The van der Waals surface area contributed by atoms with Crippen LogP contribution in [0.2, 0.25) is 0 Å². The van der Waals surface area contributed by atoms with Crippen LogP contribution in [0, 0.1) is 18.3 Å². The van der Waals surface area contributed by atoms with Crippen LogP contribution in [-0.4, -0.2) is 24.4 Å². The van der Waals surface area contributed by atoms with E-state index in [2.05, 4.69) is 35.1 Å². The van der Waals surface area contributed by atoms with Crippen molar-refractivity contribution in [1.82, 2.24) is 4.98 Å². The third-order valence-electron chi connectivity index (χ3n) is 3.36. The summed E-state index contributed by atoms with van der Waals surface area (Å²) in [5.74, 6) is -0.349. The van der Waals surface area contributed by atoms with E-state index >= 15 is 0 Å². The molecule has 2 rings (SSSR count). The van der Waals surface area contributed by atoms with Crippen LogP contribution in [0.3, 0.4) is 0 Å². The largest absolute Gasteiger partial charge is 0.374 e. The van der Waals surface area contributed by atoms with Crippen molar-refractivity contribution in [3.8, 4) is 6.07 Å². The predicted octanol–water partition coefficient (Wildman–Crippen LogP) is 4.30. The highest BCUT2D eigenvalue weighted by Gasteiger charge is 2.11. The van der Waals surface area contributed by atoms with Crippen molar-refractivity contribution < 1.29 is 4.74 Å². The van der Waals surface area contributed by atoms with Crippen LogP contribution in [0.5, 0.6) is 0 Å². The average molecular weight is 327 g/mol. The van der Waals surface area contributed by atoms with Gasteiger partial charge in [-0.3, -0.25) is 4.99 Å². The number of hydrogen-bond acceptors (Lipinski definition) is 5. The molecule has 0 radical (unpaired) electrons. The number of nitriles is 1. The summed E-state index contributed by atoms with van der Waals surface area (Å²) in [5.41, 5.74) is 2.13. The zero-order valence-corrected chi connectivity index (χ0v) is 14.3. The van der Waals surface area contributed by atoms with Crippen LogP contribution in [-0.2, 0) is 4.74 Å². The first-order valence-electron chi connectivity index (χ1n) is 7.69. The van der Waals surface area contributed by atoms with Crippen LogP contribution in [0.25, 0.3) is 0 Å². The van der Waals surface area contributed by atoms with Gasteiger partial charge in [-0.05, 0) is 25.8 Å². The Morgan fingerprint density at radius 2 is 2.17 bits per heavy atom. The van der Waals surface area contributed by atoms with Crippen LogP contribution >= 0.6 is 11.3 Å². The van der Waals surface area contributed by atoms with Crippen molar-refractivity contribution in [1.29, 1.82) is 5.26 Å². The van der Waals surface area contributed by atoms with E-state index < -0.39 is 0 Å². The molecule has 0 bridgehead atoms. The molecule has 0 saturated heterocycles. The second-order valence-electron chi connectivity index (χ2n) is 5.27. The minimum absolute atomic E-state index is 0.0883. The number of rotatable bonds is 8. The maximum atomic E-state index is 9.19. The van der Waals surface area contributed by atoms with Gasteiger partial charge in [0.2, 0.25) is 0 Å². The lowest BCUT2D eigenvalue weighted by Gasteiger charge is -2.12. The lowest BCUT2D eigenvalue weighted by Crippen LogP contribution is -2.03. The lowest BCUT2D eigenvalue weighted by atomic mass is 10.1. The van der Waals surface area contributed by atoms with Gasteiger partial charge in [0.1, 0.15) is 10.9 Å². The molecule has 0 aliphatic rings. The molecular formula is C18H21N3OS. The van der Waals surface area contributed by atoms with Crippen LogP contribution < -0.4 is 0 Å². The summed E-state index contributed by atoms with van der Waals surface area (Å²) in [6, 6.07) is 12.4. The fourth-order valence-electron chi connectivity index (χ4n) is 2.08. The quantitative estimate of drug-likeness (QED) is 0.536. The smallest absolute Gasteiger partial charge is 0.133 e. The Labute approximate surface area is 141 Å². The number of aromatic nitrogens is 1. The van der Waals surface area contributed by atoms with E-state index in [1.54, 1.807) is 6.21 Å². The molecule has 0 unspecified atom stereocenters. The average Bonchev–Trinajstić information content (AvgIpc) is 3.01. The molecule has 1 heterocycles. The Balaban J connectivity index is 1.69. The molecule has 2 aromatic rings. The van der Waals surface area contributed by atoms with Gasteiger partial charge in [-0.15, -0.1) is 11.3 Å². The van der Waals surface area contributed by atoms with Crippen LogP contribution in [0.4, 0.5) is 0 Å². The van der Waals surface area contributed by atoms with E-state index in [4.69, 9.17) is 4.74 Å². The Bertz CT molecular complexity index is 660. The van der Waals surface area contributed by atoms with Crippen molar-refractivity contribution in [3.05, 3.63) is 52.0 Å². The first-order valence-corrected chi connectivity index (χ1v) is 8.57. The van der Waals surface area contributed by atoms with Gasteiger partial charge in [0, 0.05) is 30.4 Å². The third-order valence-corrected chi connectivity index (χ3v) is 4.41. The molecule has 1 aromatic heterocycles. The van der Waals surface area contributed by atoms with Gasteiger partial charge < -0.3 is 4.74 Å². The van der Waals surface area contributed by atoms with E-state index in [1.165, 1.54) is 16.9 Å². The van der Waals surface area contributed by atoms with Gasteiger partial charge in [0.25, 0.3) is 0 Å². The topological polar surface area (TPSA) is 58.3 Å². The number of thiazole rings is 1. The van der Waals surface area contributed by atoms with Gasteiger partial charge in [-0.25, -0.2) is 4.98 Å². The van der Waals surface area contributed by atoms with Crippen molar-refractivity contribution in [3.63, 3.8) is 0 Å². The SMILES string of the molecule is Cc1csc([C@H](C#N)C=NCCCO[C@H](C)c2ccccc2)n1. The van der Waals surface area contributed by atoms with Gasteiger partial charge in [-0.1, -0.05) is 30.3 Å². The molecule has 120 valence electrons. The summed E-state index contributed by atoms with van der Waals surface area (Å²) < 4.78 is 5.80. The second-order valence-corrected chi connectivity index (χ2v) is 6.16. The zero-order chi connectivity index (χ0) is 16.5. The molecule has 0 N–H and O–H groups in total. The molecule has 0 aliphatic carbocycles. The number of aliphatic imine (C=N–C) groups is 1. The highest BCUT2D eigenvalue weighted by molar-refractivity contribution is 7.09. The summed E-state index contributed by atoms with van der Waals surface area (Å²) >= 11 is 1.50. The van der Waals surface area contributed by atoms with Gasteiger partial charge in [0.15, 0.2) is 0 Å². The molecule has 5 heteroatoms. The molecule has 0 saturated carbocycles. The number of hydrogen-bond donors (Lipinski definition) is 0. The van der Waals surface area contributed by atoms with E-state index in [0.29, 0.717) is 13.2 Å². The maximum absolute atomic E-state index is 9.19. The summed E-state index contributed by atoms with van der Waals surface area (Å²) in [6.45, 7) is 5.29. The molecular weight excluding hydrogens is 306 g/mol. The molecule has 1 aromatic carbocycles. The second kappa shape index (κ2) is 9.19. The number of nitrogens with zero attached hydrogens (tertiary/aromatic N) is 3. The number of benzene rings is 1. The molecule has 4 nitrogen and oxygen atoms in total. The fraction of sp³-hybridized carbons (Fsp3) is 0.389. The summed E-state index contributed by atoms with van der Waals surface area (Å²) in [4.78, 5) is 8.67. The van der Waals surface area contributed by atoms with Gasteiger partial charge in [0.05, 0.1) is 12.2 Å². The van der Waals surface area contributed by atoms with Crippen LogP contribution in [0.1, 0.15) is 41.6 Å². The van der Waals surface area contributed by atoms with E-state index in [1.807, 2.05) is 30.5 Å². The lowest BCUT2D eigenvalue weighted by molar-refractivity contribution is 0.0652. The molecule has 0 fully saturated rings. The van der Waals surface area contributed by atoms with E-state index in [9.17, 15) is 5.26 Å². The monoisotopic (exact) mass is 327 g/mol. The Hall–Kier alpha value is -2.03. The molecule has 0 amide bonds. The van der Waals surface area contributed by atoms with Gasteiger partial charge in [-0.2, -0.15) is 5.26 Å². The molecule has 0 aliphatic heterocycles. The highest BCUT2D eigenvalue weighted by atomic mass is 32.1. The van der Waals surface area contributed by atoms with Crippen molar-refractivity contribution in [2.24, 2.45) is 4.99 Å². The molecule has 23 heavy (non-hydrogen) atoms. The normalized spacial score (nSPS) is 13.8. The summed E-state index contributed by atoms with van der Waals surface area (Å²) in [6.07, 6.45) is 2.62. The standard InChI is InChI=1S/C18H21N3OS/c1-14-13-23-18(21-14)17(11-19)12-20-9-6-10-22-15(2)16-7-4-3-5-8-16/h3-5,7-8,12-13,15,17H,6,9-10H2,1-2H3/t15-,17-/m1/s1. The van der Waals surface area contributed by atoms with Gasteiger partial charge >= 0.3 is 0 Å². The van der Waals surface area contributed by atoms with E-state index in [0.717, 1.165) is 17.1 Å². The number of aryl methyl sites for hydroxylation is 1. The first-order chi connectivity index (χ1) is 11.2. The molecule has 2 atom stereocenters. The van der Waals surface area contributed by atoms with E-state index in [-0.39, 0.29) is 12.0 Å². The Morgan fingerprint density at radius 3 is 2.83 bits per heavy atom. The third kappa shape index (κ3) is 5.59. The van der Waals surface area contributed by atoms with Crippen molar-refractivity contribution in [2.75, 3.05) is 13.2 Å². The zero-order valence-electron chi connectivity index (χ0n) is 13.5. The number of ether oxygens (including phenoxy) is 1. The van der Waals surface area contributed by atoms with Crippen molar-refractivity contribution >= 4 is 17.6 Å². The summed E-state index contributed by atoms with van der Waals surface area (Å²) in [7, 11) is 0. The highest BCUT2D eigenvalue weighted by Crippen LogP contribution is 2.18. The summed E-state index contributed by atoms with van der Waals surface area (Å²) in [5, 5.41) is 11.9. The van der Waals surface area contributed by atoms with Crippen molar-refractivity contribution in [2.45, 2.75) is 32.3 Å². The Morgan fingerprint density at radius 1 is 1.39 bits per heavy atom. The minimum Gasteiger partial charge on any atom is -0.374 e. The first kappa shape index (κ1) is 17.3. The maximum Gasteiger partial charge on any atom is 0.133 e. The predicted molar refractivity (Wildman–Crippen MR) is 94.0 cm³/mol. The Kier molecular flexibility index (Phi) is 6.92. The minimum atomic E-state index is -0.349. The fourth-order valence-corrected chi connectivity index (χ4v) is 2.88. The van der Waals surface area contributed by atoms with Crippen LogP contribution in [0.15, 0.2) is 40.7 Å². The molecule has 0 spiro atoms.